The second-order valence-electron chi connectivity index (χ2n) is 6.23. The highest BCUT2D eigenvalue weighted by atomic mass is 16.2. The molecule has 1 saturated heterocycles. The van der Waals surface area contributed by atoms with E-state index in [9.17, 15) is 9.59 Å². The molecular weight excluding hydrogens is 280 g/mol. The molecule has 1 aliphatic rings. The van der Waals surface area contributed by atoms with Gasteiger partial charge in [0.15, 0.2) is 0 Å². The van der Waals surface area contributed by atoms with Crippen molar-refractivity contribution >= 4 is 11.8 Å². The Kier molecular flexibility index (Phi) is 8.42. The molecule has 2 amide bonds. The number of carbonyl (C=O) groups excluding carboxylic acids is 2. The van der Waals surface area contributed by atoms with Gasteiger partial charge < -0.3 is 19.6 Å². The second kappa shape index (κ2) is 9.79. The molecule has 6 nitrogen and oxygen atoms in total. The van der Waals surface area contributed by atoms with Crippen LogP contribution in [-0.4, -0.2) is 97.9 Å². The lowest BCUT2D eigenvalue weighted by Gasteiger charge is -2.34. The van der Waals surface area contributed by atoms with Gasteiger partial charge in [0.05, 0.1) is 0 Å². The van der Waals surface area contributed by atoms with Crippen molar-refractivity contribution in [3.63, 3.8) is 0 Å². The van der Waals surface area contributed by atoms with E-state index >= 15 is 0 Å². The van der Waals surface area contributed by atoms with E-state index in [-0.39, 0.29) is 11.8 Å². The van der Waals surface area contributed by atoms with Gasteiger partial charge >= 0.3 is 0 Å². The van der Waals surface area contributed by atoms with E-state index in [1.54, 1.807) is 11.8 Å². The summed E-state index contributed by atoms with van der Waals surface area (Å²) in [6.07, 6.45) is 1.38. The third-order valence-electron chi connectivity index (χ3n) is 4.25. The summed E-state index contributed by atoms with van der Waals surface area (Å²) in [5, 5.41) is 0. The third kappa shape index (κ3) is 6.75. The van der Waals surface area contributed by atoms with Crippen molar-refractivity contribution in [3.05, 3.63) is 0 Å². The minimum Gasteiger partial charge on any atom is -0.342 e. The number of hydrogen-bond acceptors (Lipinski definition) is 4. The molecule has 6 heteroatoms. The zero-order valence-electron chi connectivity index (χ0n) is 14.7. The maximum atomic E-state index is 12.3. The summed E-state index contributed by atoms with van der Waals surface area (Å²) in [6, 6.07) is 0. The van der Waals surface area contributed by atoms with Crippen molar-refractivity contribution in [2.45, 2.75) is 26.7 Å². The maximum absolute atomic E-state index is 12.3. The molecule has 1 rings (SSSR count). The molecule has 0 atom stereocenters. The standard InChI is InChI=1S/C16H32N4O2/c1-5-18-11-13-20(14-12-18)16(22)7-10-19(15(2)21)9-6-8-17(3)4/h5-14H2,1-4H3. The Morgan fingerprint density at radius 2 is 1.64 bits per heavy atom. The van der Waals surface area contributed by atoms with E-state index in [0.29, 0.717) is 13.0 Å². The van der Waals surface area contributed by atoms with Gasteiger partial charge in [0.1, 0.15) is 0 Å². The molecule has 0 saturated carbocycles. The average Bonchev–Trinajstić information content (AvgIpc) is 2.49. The first kappa shape index (κ1) is 18.9. The monoisotopic (exact) mass is 312 g/mol. The Hall–Kier alpha value is -1.14. The first-order valence-electron chi connectivity index (χ1n) is 8.34. The number of hydrogen-bond donors (Lipinski definition) is 0. The maximum Gasteiger partial charge on any atom is 0.224 e. The normalized spacial score (nSPS) is 16.1. The highest BCUT2D eigenvalue weighted by molar-refractivity contribution is 5.78. The SMILES string of the molecule is CCN1CCN(C(=O)CCN(CCCN(C)C)C(C)=O)CC1. The summed E-state index contributed by atoms with van der Waals surface area (Å²) in [5.41, 5.74) is 0. The number of nitrogens with zero attached hydrogens (tertiary/aromatic N) is 4. The molecule has 0 radical (unpaired) electrons. The number of piperazine rings is 1. The van der Waals surface area contributed by atoms with Crippen LogP contribution in [0.4, 0.5) is 0 Å². The van der Waals surface area contributed by atoms with Gasteiger partial charge in [0.25, 0.3) is 0 Å². The van der Waals surface area contributed by atoms with Gasteiger partial charge in [-0.15, -0.1) is 0 Å². The van der Waals surface area contributed by atoms with Crippen molar-refractivity contribution in [2.24, 2.45) is 0 Å². The largest absolute Gasteiger partial charge is 0.342 e. The van der Waals surface area contributed by atoms with Crippen LogP contribution in [0.5, 0.6) is 0 Å². The molecule has 0 aromatic heterocycles. The van der Waals surface area contributed by atoms with Crippen molar-refractivity contribution in [1.82, 2.24) is 19.6 Å². The summed E-state index contributed by atoms with van der Waals surface area (Å²) in [5.74, 6) is 0.233. The second-order valence-corrected chi connectivity index (χ2v) is 6.23. The summed E-state index contributed by atoms with van der Waals surface area (Å²) >= 11 is 0. The number of rotatable bonds is 8. The van der Waals surface area contributed by atoms with Crippen LogP contribution in [0.25, 0.3) is 0 Å². The van der Waals surface area contributed by atoms with Crippen molar-refractivity contribution in [3.8, 4) is 0 Å². The molecule has 1 heterocycles. The first-order chi connectivity index (χ1) is 10.4. The van der Waals surface area contributed by atoms with E-state index in [4.69, 9.17) is 0 Å². The van der Waals surface area contributed by atoms with Crippen molar-refractivity contribution in [1.29, 1.82) is 0 Å². The van der Waals surface area contributed by atoms with Gasteiger partial charge in [-0.2, -0.15) is 0 Å². The Morgan fingerprint density at radius 3 is 2.14 bits per heavy atom. The van der Waals surface area contributed by atoms with Gasteiger partial charge in [-0.25, -0.2) is 0 Å². The van der Waals surface area contributed by atoms with Gasteiger partial charge in [0, 0.05) is 52.6 Å². The Labute approximate surface area is 135 Å². The zero-order valence-corrected chi connectivity index (χ0v) is 14.7. The Bertz CT molecular complexity index is 352. The Balaban J connectivity index is 2.31. The lowest BCUT2D eigenvalue weighted by Crippen LogP contribution is -2.49. The van der Waals surface area contributed by atoms with Crippen LogP contribution >= 0.6 is 0 Å². The Morgan fingerprint density at radius 1 is 1.00 bits per heavy atom. The highest BCUT2D eigenvalue weighted by Crippen LogP contribution is 2.05. The molecule has 0 unspecified atom stereocenters. The van der Waals surface area contributed by atoms with Crippen molar-refractivity contribution in [2.75, 3.05) is 66.5 Å². The van der Waals surface area contributed by atoms with Crippen LogP contribution in [-0.2, 0) is 9.59 Å². The summed E-state index contributed by atoms with van der Waals surface area (Å²) in [6.45, 7) is 10.5. The van der Waals surface area contributed by atoms with Crippen LogP contribution in [0.1, 0.15) is 26.7 Å². The van der Waals surface area contributed by atoms with E-state index in [0.717, 1.165) is 52.2 Å². The van der Waals surface area contributed by atoms with E-state index < -0.39 is 0 Å². The molecule has 0 aromatic rings. The fourth-order valence-corrected chi connectivity index (χ4v) is 2.71. The van der Waals surface area contributed by atoms with Gasteiger partial charge in [-0.1, -0.05) is 6.92 Å². The summed E-state index contributed by atoms with van der Waals surface area (Å²) in [4.78, 5) is 32.1. The molecule has 0 N–H and O–H groups in total. The van der Waals surface area contributed by atoms with Crippen LogP contribution < -0.4 is 0 Å². The predicted octanol–water partition coefficient (Wildman–Crippen LogP) is 0.341. The van der Waals surface area contributed by atoms with Crippen molar-refractivity contribution < 1.29 is 9.59 Å². The van der Waals surface area contributed by atoms with E-state index in [2.05, 4.69) is 16.7 Å². The molecule has 0 aromatic carbocycles. The van der Waals surface area contributed by atoms with E-state index in [1.807, 2.05) is 19.0 Å². The lowest BCUT2D eigenvalue weighted by atomic mass is 10.2. The number of carbonyl (C=O) groups is 2. The zero-order chi connectivity index (χ0) is 16.5. The highest BCUT2D eigenvalue weighted by Gasteiger charge is 2.20. The molecule has 1 aliphatic heterocycles. The number of amides is 2. The topological polar surface area (TPSA) is 47.1 Å². The van der Waals surface area contributed by atoms with Crippen LogP contribution in [0.2, 0.25) is 0 Å². The fourth-order valence-electron chi connectivity index (χ4n) is 2.71. The van der Waals surface area contributed by atoms with Crippen LogP contribution in [0, 0.1) is 0 Å². The minimum absolute atomic E-state index is 0.0577. The first-order valence-corrected chi connectivity index (χ1v) is 8.34. The van der Waals surface area contributed by atoms with Gasteiger partial charge in [-0.3, -0.25) is 9.59 Å². The molecule has 0 aliphatic carbocycles. The van der Waals surface area contributed by atoms with E-state index in [1.165, 1.54) is 0 Å². The van der Waals surface area contributed by atoms with Crippen LogP contribution in [0.15, 0.2) is 0 Å². The molecule has 0 spiro atoms. The smallest absolute Gasteiger partial charge is 0.224 e. The van der Waals surface area contributed by atoms with Crippen LogP contribution in [0.3, 0.4) is 0 Å². The molecular formula is C16H32N4O2. The average molecular weight is 312 g/mol. The van der Waals surface area contributed by atoms with Gasteiger partial charge in [0.2, 0.25) is 11.8 Å². The summed E-state index contributed by atoms with van der Waals surface area (Å²) < 4.78 is 0. The molecule has 0 bridgehead atoms. The molecule has 1 fully saturated rings. The molecule has 128 valence electrons. The van der Waals surface area contributed by atoms with Gasteiger partial charge in [-0.05, 0) is 33.6 Å². The summed E-state index contributed by atoms with van der Waals surface area (Å²) in [7, 11) is 4.05. The fraction of sp³-hybridized carbons (Fsp3) is 0.875. The lowest BCUT2D eigenvalue weighted by molar-refractivity contribution is -0.134. The molecule has 22 heavy (non-hydrogen) atoms. The minimum atomic E-state index is 0.0577. The predicted molar refractivity (Wildman–Crippen MR) is 88.7 cm³/mol. The third-order valence-corrected chi connectivity index (χ3v) is 4.25. The number of likely N-dealkylation sites (N-methyl/N-ethyl adjacent to an activating group) is 1. The quantitative estimate of drug-likeness (QED) is 0.648.